The first-order valence-corrected chi connectivity index (χ1v) is 11.9. The number of hydrogen-bond donors (Lipinski definition) is 3. The number of halogens is 3. The number of rotatable bonds is 6. The van der Waals surface area contributed by atoms with Gasteiger partial charge in [0.2, 0.25) is 0 Å². The lowest BCUT2D eigenvalue weighted by Crippen LogP contribution is -2.19. The summed E-state index contributed by atoms with van der Waals surface area (Å²) in [5, 5.41) is 14.7. The molecule has 0 radical (unpaired) electrons. The lowest BCUT2D eigenvalue weighted by Gasteiger charge is -2.19. The van der Waals surface area contributed by atoms with E-state index in [2.05, 4.69) is 41.6 Å². The molecule has 5 aromatic rings. The predicted molar refractivity (Wildman–Crippen MR) is 143 cm³/mol. The van der Waals surface area contributed by atoms with Crippen molar-refractivity contribution in [3.05, 3.63) is 89.1 Å². The Kier molecular flexibility index (Phi) is 6.64. The Morgan fingerprint density at radius 3 is 2.69 bits per heavy atom. The standard InChI is InChI=1S/C27H19ClF2N8O/c1-27(2,11-31)16-7-3-5-14(19(16)28)26(39)37-18-9-8-17(29)22(20(18)30)38-24-15(6-4-10-32-24)21-23-25(35-12-33-21)36-13-34-23/h3-10,12-13H,1-2H3,(H,32,38)(H,37,39)(H,33,34,35,36). The number of benzene rings is 2. The number of amides is 1. The fourth-order valence-corrected chi connectivity index (χ4v) is 4.44. The summed E-state index contributed by atoms with van der Waals surface area (Å²) in [6.45, 7) is 3.33. The zero-order valence-electron chi connectivity index (χ0n) is 20.6. The molecule has 0 fully saturated rings. The van der Waals surface area contributed by atoms with Gasteiger partial charge in [-0.15, -0.1) is 0 Å². The van der Waals surface area contributed by atoms with Crippen LogP contribution in [0, 0.1) is 23.0 Å². The van der Waals surface area contributed by atoms with Crippen molar-refractivity contribution in [3.63, 3.8) is 0 Å². The van der Waals surface area contributed by atoms with E-state index in [4.69, 9.17) is 11.6 Å². The number of carbonyl (C=O) groups is 1. The number of fused-ring (bicyclic) bond motifs is 1. The molecule has 0 atom stereocenters. The molecule has 0 saturated heterocycles. The number of nitrogens with one attached hydrogen (secondary N) is 3. The van der Waals surface area contributed by atoms with E-state index in [1.54, 1.807) is 38.1 Å². The van der Waals surface area contributed by atoms with Crippen LogP contribution in [-0.4, -0.2) is 30.8 Å². The highest BCUT2D eigenvalue weighted by molar-refractivity contribution is 6.35. The van der Waals surface area contributed by atoms with Crippen LogP contribution < -0.4 is 10.6 Å². The normalized spacial score (nSPS) is 11.3. The Hall–Kier alpha value is -4.95. The van der Waals surface area contributed by atoms with Crippen molar-refractivity contribution in [2.45, 2.75) is 19.3 Å². The first kappa shape index (κ1) is 25.7. The molecule has 194 valence electrons. The molecular weight excluding hydrogens is 526 g/mol. The quantitative estimate of drug-likeness (QED) is 0.234. The van der Waals surface area contributed by atoms with Crippen LogP contribution in [0.4, 0.5) is 26.0 Å². The van der Waals surface area contributed by atoms with Gasteiger partial charge in [0.25, 0.3) is 5.91 Å². The Morgan fingerprint density at radius 2 is 1.90 bits per heavy atom. The highest BCUT2D eigenvalue weighted by atomic mass is 35.5. The summed E-state index contributed by atoms with van der Waals surface area (Å²) < 4.78 is 30.5. The first-order valence-electron chi connectivity index (χ1n) is 11.6. The molecule has 9 nitrogen and oxygen atoms in total. The van der Waals surface area contributed by atoms with Gasteiger partial charge in [0.1, 0.15) is 34.9 Å². The van der Waals surface area contributed by atoms with E-state index in [-0.39, 0.29) is 22.1 Å². The summed E-state index contributed by atoms with van der Waals surface area (Å²) in [6, 6.07) is 12.3. The van der Waals surface area contributed by atoms with Crippen LogP contribution >= 0.6 is 11.6 Å². The number of imidazole rings is 1. The van der Waals surface area contributed by atoms with E-state index in [9.17, 15) is 14.4 Å². The van der Waals surface area contributed by atoms with E-state index in [1.807, 2.05) is 0 Å². The number of nitriles is 1. The van der Waals surface area contributed by atoms with Crippen LogP contribution in [0.3, 0.4) is 0 Å². The number of anilines is 3. The third kappa shape index (κ3) is 4.73. The highest BCUT2D eigenvalue weighted by Crippen LogP contribution is 2.35. The minimum absolute atomic E-state index is 0.0371. The van der Waals surface area contributed by atoms with Crippen molar-refractivity contribution in [3.8, 4) is 17.3 Å². The zero-order valence-corrected chi connectivity index (χ0v) is 21.3. The second-order valence-corrected chi connectivity index (χ2v) is 9.37. The maximum absolute atomic E-state index is 15.6. The molecule has 0 aliphatic heterocycles. The lowest BCUT2D eigenvalue weighted by molar-refractivity contribution is 0.102. The number of aromatic amines is 1. The van der Waals surface area contributed by atoms with Gasteiger partial charge in [-0.2, -0.15) is 5.26 Å². The molecule has 1 amide bonds. The van der Waals surface area contributed by atoms with Crippen LogP contribution in [0.1, 0.15) is 29.8 Å². The monoisotopic (exact) mass is 544 g/mol. The van der Waals surface area contributed by atoms with Gasteiger partial charge in [-0.25, -0.2) is 28.7 Å². The molecule has 5 rings (SSSR count). The van der Waals surface area contributed by atoms with Gasteiger partial charge in [-0.05, 0) is 49.7 Å². The van der Waals surface area contributed by atoms with Crippen molar-refractivity contribution in [1.82, 2.24) is 24.9 Å². The molecule has 39 heavy (non-hydrogen) atoms. The Morgan fingerprint density at radius 1 is 1.08 bits per heavy atom. The van der Waals surface area contributed by atoms with Gasteiger partial charge in [0.05, 0.1) is 34.1 Å². The van der Waals surface area contributed by atoms with E-state index >= 15 is 4.39 Å². The third-order valence-corrected chi connectivity index (χ3v) is 6.47. The van der Waals surface area contributed by atoms with Crippen molar-refractivity contribution in [2.24, 2.45) is 0 Å². The van der Waals surface area contributed by atoms with Gasteiger partial charge in [-0.3, -0.25) is 4.79 Å². The summed E-state index contributed by atoms with van der Waals surface area (Å²) in [4.78, 5) is 32.7. The maximum atomic E-state index is 15.6. The minimum atomic E-state index is -1.06. The van der Waals surface area contributed by atoms with Crippen molar-refractivity contribution >= 4 is 45.9 Å². The molecule has 3 aromatic heterocycles. The van der Waals surface area contributed by atoms with Crippen molar-refractivity contribution in [2.75, 3.05) is 10.6 Å². The molecule has 0 aliphatic carbocycles. The molecule has 0 unspecified atom stereocenters. The minimum Gasteiger partial charge on any atom is -0.341 e. The summed E-state index contributed by atoms with van der Waals surface area (Å²) >= 11 is 6.44. The van der Waals surface area contributed by atoms with Gasteiger partial charge in [-0.1, -0.05) is 23.7 Å². The average Bonchev–Trinajstić information content (AvgIpc) is 3.42. The molecule has 0 saturated carbocycles. The third-order valence-electron chi connectivity index (χ3n) is 6.06. The average molecular weight is 545 g/mol. The van der Waals surface area contributed by atoms with Crippen LogP contribution in [-0.2, 0) is 5.41 Å². The summed E-state index contributed by atoms with van der Waals surface area (Å²) in [5.41, 5.74) is 0.493. The molecule has 3 heterocycles. The van der Waals surface area contributed by atoms with E-state index < -0.39 is 28.6 Å². The zero-order chi connectivity index (χ0) is 27.7. The number of H-pyrrole nitrogens is 1. The molecule has 0 aliphatic rings. The second kappa shape index (κ2) is 10.1. The second-order valence-electron chi connectivity index (χ2n) is 8.99. The van der Waals surface area contributed by atoms with Gasteiger partial charge in [0.15, 0.2) is 11.5 Å². The molecule has 3 N–H and O–H groups in total. The molecule has 12 heteroatoms. The first-order chi connectivity index (χ1) is 18.7. The Labute approximate surface area is 225 Å². The summed E-state index contributed by atoms with van der Waals surface area (Å²) in [5.74, 6) is -2.58. The van der Waals surface area contributed by atoms with E-state index in [0.29, 0.717) is 28.0 Å². The topological polar surface area (TPSA) is 132 Å². The van der Waals surface area contributed by atoms with Crippen LogP contribution in [0.5, 0.6) is 0 Å². The van der Waals surface area contributed by atoms with Crippen LogP contribution in [0.15, 0.2) is 61.3 Å². The number of pyridine rings is 1. The van der Waals surface area contributed by atoms with Crippen molar-refractivity contribution < 1.29 is 13.6 Å². The number of hydrogen-bond acceptors (Lipinski definition) is 7. The molecule has 2 aromatic carbocycles. The van der Waals surface area contributed by atoms with E-state index in [0.717, 1.165) is 12.1 Å². The fourth-order valence-electron chi connectivity index (χ4n) is 3.99. The number of nitrogens with zero attached hydrogens (tertiary/aromatic N) is 5. The van der Waals surface area contributed by atoms with Crippen LogP contribution in [0.25, 0.3) is 22.4 Å². The number of aromatic nitrogens is 5. The van der Waals surface area contributed by atoms with Gasteiger partial charge in [0, 0.05) is 11.8 Å². The summed E-state index contributed by atoms with van der Waals surface area (Å²) in [7, 11) is 0. The number of carbonyl (C=O) groups excluding carboxylic acids is 1. The molecule has 0 spiro atoms. The van der Waals surface area contributed by atoms with E-state index in [1.165, 1.54) is 24.9 Å². The Bertz CT molecular complexity index is 1780. The summed E-state index contributed by atoms with van der Waals surface area (Å²) in [6.07, 6.45) is 4.24. The molecule has 0 bridgehead atoms. The van der Waals surface area contributed by atoms with Crippen molar-refractivity contribution in [1.29, 1.82) is 5.26 Å². The lowest BCUT2D eigenvalue weighted by atomic mass is 9.85. The van der Waals surface area contributed by atoms with Gasteiger partial charge < -0.3 is 15.6 Å². The fraction of sp³-hybridized carbons (Fsp3) is 0.111. The van der Waals surface area contributed by atoms with Crippen LogP contribution in [0.2, 0.25) is 5.02 Å². The maximum Gasteiger partial charge on any atom is 0.257 e. The smallest absolute Gasteiger partial charge is 0.257 e. The largest absolute Gasteiger partial charge is 0.341 e. The predicted octanol–water partition coefficient (Wildman–Crippen LogP) is 6.14. The SMILES string of the molecule is CC(C)(C#N)c1cccc(C(=O)Nc2ccc(F)c(Nc3ncccc3-c3ncnc4nc[nH]c34)c2F)c1Cl. The Balaban J connectivity index is 1.49. The molecular formula is C27H19ClF2N8O. The van der Waals surface area contributed by atoms with Gasteiger partial charge >= 0.3 is 0 Å². The highest BCUT2D eigenvalue weighted by Gasteiger charge is 2.26.